The summed E-state index contributed by atoms with van der Waals surface area (Å²) in [6.45, 7) is 10.9. The van der Waals surface area contributed by atoms with Crippen LogP contribution in [0, 0.1) is 0 Å². The number of benzene rings is 2. The number of carbonyl (C=O) groups excluding carboxylic acids is 2. The molecule has 4 aliphatic rings. The van der Waals surface area contributed by atoms with Crippen LogP contribution in [0.4, 0.5) is 44.5 Å². The van der Waals surface area contributed by atoms with E-state index in [2.05, 4.69) is 55.5 Å². The second-order valence-electron chi connectivity index (χ2n) is 16.1. The number of fused-ring (bicyclic) bond motifs is 2. The highest BCUT2D eigenvalue weighted by atomic mass is 16.5. The van der Waals surface area contributed by atoms with Crippen molar-refractivity contribution in [3.05, 3.63) is 108 Å². The highest BCUT2D eigenvalue weighted by Gasteiger charge is 2.31. The third kappa shape index (κ3) is 10.0. The maximum Gasteiger partial charge on any atom is 0.321 e. The molecule has 340 valence electrons. The van der Waals surface area contributed by atoms with Crippen LogP contribution in [-0.4, -0.2) is 130 Å². The lowest BCUT2D eigenvalue weighted by atomic mass is 10.1. The van der Waals surface area contributed by atoms with Crippen LogP contribution in [0.3, 0.4) is 0 Å². The lowest BCUT2D eigenvalue weighted by Crippen LogP contribution is -2.37. The molecule has 0 radical (unpaired) electrons. The third-order valence-corrected chi connectivity index (χ3v) is 11.4. The number of nitrogens with one attached hydrogen (secondary N) is 3. The molecule has 2 aromatic carbocycles. The SMILES string of the molecule is CCNC(=O)Nc1ccc(-c2nc3c(c(N4CCOCC4)n2)CN(c2ncccn2)C3)cc1.CN(C)C(=O)Nc1ccc(-c2nc3c(c(N4CCOCC4)n2)CN(c2ncccn2)C3)cc1. The first-order valence-corrected chi connectivity index (χ1v) is 22.0. The highest BCUT2D eigenvalue weighted by molar-refractivity contribution is 5.90. The molecule has 0 spiro atoms. The summed E-state index contributed by atoms with van der Waals surface area (Å²) >= 11 is 0. The Labute approximate surface area is 382 Å². The van der Waals surface area contributed by atoms with E-state index in [4.69, 9.17) is 29.4 Å². The number of nitrogens with zero attached hydrogens (tertiary/aromatic N) is 13. The summed E-state index contributed by atoms with van der Waals surface area (Å²) in [5.74, 6) is 4.59. The van der Waals surface area contributed by atoms with E-state index >= 15 is 0 Å². The second kappa shape index (κ2) is 20.1. The molecule has 6 aromatic rings. The molecule has 0 unspecified atom stereocenters. The number of urea groups is 2. The van der Waals surface area contributed by atoms with Gasteiger partial charge in [-0.1, -0.05) is 0 Å². The van der Waals surface area contributed by atoms with Gasteiger partial charge in [-0.15, -0.1) is 0 Å². The van der Waals surface area contributed by atoms with E-state index in [0.29, 0.717) is 88.4 Å². The van der Waals surface area contributed by atoms with Crippen molar-refractivity contribution in [1.29, 1.82) is 0 Å². The summed E-state index contributed by atoms with van der Waals surface area (Å²) in [7, 11) is 3.41. The molecule has 0 bridgehead atoms. The van der Waals surface area contributed by atoms with Gasteiger partial charge in [0.05, 0.1) is 64.0 Å². The minimum atomic E-state index is -0.225. The summed E-state index contributed by atoms with van der Waals surface area (Å²) in [5.41, 5.74) is 7.42. The fourth-order valence-corrected chi connectivity index (χ4v) is 7.97. The number of amides is 4. The number of aromatic nitrogens is 8. The molecule has 66 heavy (non-hydrogen) atoms. The summed E-state index contributed by atoms with van der Waals surface area (Å²) < 4.78 is 11.1. The summed E-state index contributed by atoms with van der Waals surface area (Å²) in [6, 6.07) is 18.4. The molecule has 0 atom stereocenters. The van der Waals surface area contributed by atoms with Gasteiger partial charge in [-0.2, -0.15) is 0 Å². The van der Waals surface area contributed by atoms with Gasteiger partial charge in [-0.25, -0.2) is 49.5 Å². The van der Waals surface area contributed by atoms with Crippen LogP contribution >= 0.6 is 0 Å². The normalized spacial score (nSPS) is 15.3. The fraction of sp³-hybridized carbons (Fsp3) is 0.348. The Morgan fingerprint density at radius 2 is 1.00 bits per heavy atom. The van der Waals surface area contributed by atoms with E-state index < -0.39 is 0 Å². The van der Waals surface area contributed by atoms with E-state index in [1.165, 1.54) is 4.90 Å². The van der Waals surface area contributed by atoms with Gasteiger partial charge in [0.1, 0.15) is 11.6 Å². The Hall–Kier alpha value is -7.58. The van der Waals surface area contributed by atoms with Crippen LogP contribution in [0.2, 0.25) is 0 Å². The average Bonchev–Trinajstić information content (AvgIpc) is 4.01. The third-order valence-electron chi connectivity index (χ3n) is 11.4. The van der Waals surface area contributed by atoms with Crippen LogP contribution < -0.4 is 35.6 Å². The lowest BCUT2D eigenvalue weighted by molar-refractivity contribution is 0.122. The standard InChI is InChI=1S/2C23H26N8O2/c1-29(2)23(32)26-17-6-4-16(5-7-17)20-27-19-15-31(22-24-8-3-9-25-22)14-18(19)21(28-20)30-10-12-33-13-11-30;1-2-24-23(32)27-17-6-4-16(5-7-17)20-28-19-15-31(22-25-8-3-9-26-22)14-18(19)21(29-20)30-10-12-33-13-11-30/h3-9H,10-15H2,1-2H3,(H,26,32);3-9H,2,10-15H2,1H3,(H2,24,27,32). The summed E-state index contributed by atoms with van der Waals surface area (Å²) in [5, 5.41) is 8.39. The van der Waals surface area contributed by atoms with E-state index in [1.54, 1.807) is 38.9 Å². The molecule has 4 aliphatic heterocycles. The molecule has 2 fully saturated rings. The Morgan fingerprint density at radius 3 is 1.41 bits per heavy atom. The number of ether oxygens (including phenoxy) is 2. The van der Waals surface area contributed by atoms with Crippen LogP contribution in [0.25, 0.3) is 22.8 Å². The number of hydrogen-bond acceptors (Lipinski definition) is 16. The maximum atomic E-state index is 11.9. The van der Waals surface area contributed by atoms with Gasteiger partial charge in [0.25, 0.3) is 0 Å². The zero-order chi connectivity index (χ0) is 45.4. The molecule has 8 heterocycles. The number of morpholine rings is 2. The quantitative estimate of drug-likeness (QED) is 0.178. The van der Waals surface area contributed by atoms with Gasteiger partial charge in [-0.05, 0) is 67.6 Å². The first-order valence-electron chi connectivity index (χ1n) is 22.0. The van der Waals surface area contributed by atoms with Crippen LogP contribution in [0.15, 0.2) is 85.5 Å². The first kappa shape index (κ1) is 43.7. The molecule has 20 heteroatoms. The smallest absolute Gasteiger partial charge is 0.321 e. The molecule has 0 saturated carbocycles. The van der Waals surface area contributed by atoms with E-state index in [9.17, 15) is 9.59 Å². The molecule has 0 aliphatic carbocycles. The largest absolute Gasteiger partial charge is 0.378 e. The zero-order valence-electron chi connectivity index (χ0n) is 37.2. The average molecular weight is 893 g/mol. The van der Waals surface area contributed by atoms with E-state index in [-0.39, 0.29) is 12.1 Å². The van der Waals surface area contributed by atoms with Crippen molar-refractivity contribution in [2.45, 2.75) is 33.1 Å². The first-order chi connectivity index (χ1) is 32.3. The van der Waals surface area contributed by atoms with Crippen molar-refractivity contribution in [3.8, 4) is 22.8 Å². The Morgan fingerprint density at radius 1 is 0.576 bits per heavy atom. The van der Waals surface area contributed by atoms with Crippen molar-refractivity contribution in [2.24, 2.45) is 0 Å². The van der Waals surface area contributed by atoms with Crippen LogP contribution in [0.5, 0.6) is 0 Å². The minimum Gasteiger partial charge on any atom is -0.378 e. The van der Waals surface area contributed by atoms with Gasteiger partial charge in [0.2, 0.25) is 11.9 Å². The second-order valence-corrected chi connectivity index (χ2v) is 16.1. The molecule has 3 N–H and O–H groups in total. The van der Waals surface area contributed by atoms with Crippen molar-refractivity contribution >= 4 is 47.0 Å². The number of hydrogen-bond donors (Lipinski definition) is 3. The van der Waals surface area contributed by atoms with E-state index in [1.807, 2.05) is 67.6 Å². The highest BCUT2D eigenvalue weighted by Crippen LogP contribution is 2.35. The monoisotopic (exact) mass is 892 g/mol. The van der Waals surface area contributed by atoms with Gasteiger partial charge in [-0.3, -0.25) is 0 Å². The molecule has 4 aromatic heterocycles. The molecule has 4 amide bonds. The number of carbonyl (C=O) groups is 2. The predicted octanol–water partition coefficient (Wildman–Crippen LogP) is 4.82. The van der Waals surface area contributed by atoms with Gasteiger partial charge < -0.3 is 49.9 Å². The maximum absolute atomic E-state index is 11.9. The van der Waals surface area contributed by atoms with Gasteiger partial charge in [0.15, 0.2) is 11.6 Å². The van der Waals surface area contributed by atoms with Crippen LogP contribution in [-0.2, 0) is 35.7 Å². The van der Waals surface area contributed by atoms with Crippen molar-refractivity contribution < 1.29 is 19.1 Å². The lowest BCUT2D eigenvalue weighted by Gasteiger charge is -2.29. The Bertz CT molecular complexity index is 2610. The van der Waals surface area contributed by atoms with Crippen molar-refractivity contribution in [3.63, 3.8) is 0 Å². The molecule has 20 nitrogen and oxygen atoms in total. The van der Waals surface area contributed by atoms with Gasteiger partial charge in [0, 0.05) is 105 Å². The molecular weight excluding hydrogens is 841 g/mol. The Kier molecular flexibility index (Phi) is 13.3. The number of rotatable bonds is 9. The number of anilines is 6. The minimum absolute atomic E-state index is 0.172. The zero-order valence-corrected chi connectivity index (χ0v) is 37.2. The Balaban J connectivity index is 0.000000166. The molecule has 10 rings (SSSR count). The predicted molar refractivity (Wildman–Crippen MR) is 250 cm³/mol. The fourth-order valence-electron chi connectivity index (χ4n) is 7.97. The summed E-state index contributed by atoms with van der Waals surface area (Å²) in [4.78, 5) is 71.4. The van der Waals surface area contributed by atoms with Crippen molar-refractivity contribution in [1.82, 2.24) is 50.1 Å². The topological polar surface area (TPSA) is 208 Å². The van der Waals surface area contributed by atoms with Gasteiger partial charge >= 0.3 is 12.1 Å². The summed E-state index contributed by atoms with van der Waals surface area (Å²) in [6.07, 6.45) is 7.01. The van der Waals surface area contributed by atoms with Crippen molar-refractivity contribution in [2.75, 3.05) is 103 Å². The molecule has 2 saturated heterocycles. The van der Waals surface area contributed by atoms with Crippen LogP contribution in [0.1, 0.15) is 29.4 Å². The van der Waals surface area contributed by atoms with E-state index in [0.717, 1.165) is 77.1 Å². The molecular formula is C46H52N16O4.